The lowest BCUT2D eigenvalue weighted by Gasteiger charge is -2.26. The molecular formula is C15H23ClF2N2O. The fourth-order valence-corrected chi connectivity index (χ4v) is 1.85. The summed E-state index contributed by atoms with van der Waals surface area (Å²) in [6.45, 7) is 4.33. The third-order valence-corrected chi connectivity index (χ3v) is 3.70. The van der Waals surface area contributed by atoms with E-state index in [0.717, 1.165) is 18.9 Å². The van der Waals surface area contributed by atoms with Crippen LogP contribution in [0, 0.1) is 11.6 Å². The number of aryl methyl sites for hydroxylation is 1. The SMILES string of the molecule is CCC(N)(CC)CNC(=O)CCc1cccc(F)c1F.Cl. The van der Waals surface area contributed by atoms with Crippen LogP contribution in [0.15, 0.2) is 18.2 Å². The Bertz CT molecular complexity index is 465. The Kier molecular flexibility index (Phi) is 8.44. The van der Waals surface area contributed by atoms with Crippen LogP contribution in [0.1, 0.15) is 38.7 Å². The van der Waals surface area contributed by atoms with Crippen LogP contribution in [0.3, 0.4) is 0 Å². The maximum absolute atomic E-state index is 13.4. The fraction of sp³-hybridized carbons (Fsp3) is 0.533. The first-order valence-corrected chi connectivity index (χ1v) is 6.90. The molecule has 0 atom stereocenters. The lowest BCUT2D eigenvalue weighted by atomic mass is 9.94. The summed E-state index contributed by atoms with van der Waals surface area (Å²) in [5, 5.41) is 2.75. The molecule has 0 spiro atoms. The zero-order valence-corrected chi connectivity index (χ0v) is 13.2. The molecule has 0 unspecified atom stereocenters. The van der Waals surface area contributed by atoms with Gasteiger partial charge in [0.15, 0.2) is 11.6 Å². The fourth-order valence-electron chi connectivity index (χ4n) is 1.85. The first kappa shape index (κ1) is 19.8. The second kappa shape index (κ2) is 8.95. The van der Waals surface area contributed by atoms with Gasteiger partial charge in [0.05, 0.1) is 0 Å². The molecule has 0 aliphatic rings. The average Bonchev–Trinajstić information content (AvgIpc) is 2.46. The third kappa shape index (κ3) is 5.98. The molecule has 0 radical (unpaired) electrons. The van der Waals surface area contributed by atoms with Gasteiger partial charge in [-0.15, -0.1) is 12.4 Å². The Morgan fingerprint density at radius 3 is 2.48 bits per heavy atom. The van der Waals surface area contributed by atoms with E-state index in [1.807, 2.05) is 13.8 Å². The summed E-state index contributed by atoms with van der Waals surface area (Å²) in [5.74, 6) is -1.97. The van der Waals surface area contributed by atoms with Crippen LogP contribution in [0.4, 0.5) is 8.78 Å². The number of rotatable bonds is 7. The van der Waals surface area contributed by atoms with E-state index < -0.39 is 17.2 Å². The summed E-state index contributed by atoms with van der Waals surface area (Å²) in [5.41, 5.74) is 5.88. The van der Waals surface area contributed by atoms with Gasteiger partial charge in [-0.05, 0) is 30.9 Å². The van der Waals surface area contributed by atoms with Crippen molar-refractivity contribution in [3.05, 3.63) is 35.4 Å². The molecule has 0 fully saturated rings. The summed E-state index contributed by atoms with van der Waals surface area (Å²) in [4.78, 5) is 11.7. The van der Waals surface area contributed by atoms with Crippen molar-refractivity contribution in [2.75, 3.05) is 6.54 Å². The van der Waals surface area contributed by atoms with E-state index in [1.54, 1.807) is 0 Å². The minimum atomic E-state index is -0.888. The van der Waals surface area contributed by atoms with Gasteiger partial charge in [-0.3, -0.25) is 4.79 Å². The van der Waals surface area contributed by atoms with Crippen LogP contribution < -0.4 is 11.1 Å². The molecule has 1 rings (SSSR count). The number of hydrogen-bond donors (Lipinski definition) is 2. The molecule has 1 aromatic carbocycles. The van der Waals surface area contributed by atoms with E-state index in [1.165, 1.54) is 12.1 Å². The van der Waals surface area contributed by atoms with Crippen LogP contribution in [0.2, 0.25) is 0 Å². The van der Waals surface area contributed by atoms with Gasteiger partial charge < -0.3 is 11.1 Å². The molecule has 0 aromatic heterocycles. The number of hydrogen-bond acceptors (Lipinski definition) is 2. The molecule has 120 valence electrons. The highest BCUT2D eigenvalue weighted by Crippen LogP contribution is 2.13. The highest BCUT2D eigenvalue weighted by molar-refractivity contribution is 5.85. The van der Waals surface area contributed by atoms with E-state index in [-0.39, 0.29) is 36.7 Å². The smallest absolute Gasteiger partial charge is 0.220 e. The first-order chi connectivity index (χ1) is 9.41. The summed E-state index contributed by atoms with van der Waals surface area (Å²) >= 11 is 0. The molecule has 1 amide bonds. The number of amides is 1. The van der Waals surface area contributed by atoms with Crippen molar-refractivity contribution in [3.8, 4) is 0 Å². The number of benzene rings is 1. The average molecular weight is 321 g/mol. The maximum Gasteiger partial charge on any atom is 0.220 e. The van der Waals surface area contributed by atoms with Gasteiger partial charge in [-0.2, -0.15) is 0 Å². The number of nitrogens with one attached hydrogen (secondary N) is 1. The van der Waals surface area contributed by atoms with Crippen molar-refractivity contribution in [2.24, 2.45) is 5.73 Å². The molecule has 21 heavy (non-hydrogen) atoms. The van der Waals surface area contributed by atoms with Crippen LogP contribution in [0.25, 0.3) is 0 Å². The van der Waals surface area contributed by atoms with Gasteiger partial charge in [-0.1, -0.05) is 26.0 Å². The number of carbonyl (C=O) groups is 1. The van der Waals surface area contributed by atoms with Crippen molar-refractivity contribution in [1.29, 1.82) is 0 Å². The van der Waals surface area contributed by atoms with Gasteiger partial charge in [0.1, 0.15) is 0 Å². The Hall–Kier alpha value is -1.20. The summed E-state index contributed by atoms with van der Waals surface area (Å²) in [7, 11) is 0. The molecule has 0 saturated carbocycles. The van der Waals surface area contributed by atoms with E-state index in [0.29, 0.717) is 6.54 Å². The lowest BCUT2D eigenvalue weighted by Crippen LogP contribution is -2.49. The Morgan fingerprint density at radius 2 is 1.90 bits per heavy atom. The van der Waals surface area contributed by atoms with Crippen molar-refractivity contribution in [3.63, 3.8) is 0 Å². The Balaban J connectivity index is 0.00000400. The second-order valence-corrected chi connectivity index (χ2v) is 5.06. The quantitative estimate of drug-likeness (QED) is 0.811. The highest BCUT2D eigenvalue weighted by atomic mass is 35.5. The summed E-state index contributed by atoms with van der Waals surface area (Å²) in [6.07, 6.45) is 1.82. The van der Waals surface area contributed by atoms with Gasteiger partial charge in [-0.25, -0.2) is 8.78 Å². The molecule has 3 nitrogen and oxygen atoms in total. The summed E-state index contributed by atoms with van der Waals surface area (Å²) in [6, 6.07) is 3.98. The predicted octanol–water partition coefficient (Wildman–Crippen LogP) is 2.95. The van der Waals surface area contributed by atoms with E-state index in [9.17, 15) is 13.6 Å². The number of halogens is 3. The third-order valence-electron chi connectivity index (χ3n) is 3.70. The molecule has 0 aliphatic carbocycles. The molecule has 6 heteroatoms. The lowest BCUT2D eigenvalue weighted by molar-refractivity contribution is -0.121. The van der Waals surface area contributed by atoms with Crippen molar-refractivity contribution in [2.45, 2.75) is 45.1 Å². The number of nitrogens with two attached hydrogens (primary N) is 1. The molecule has 0 saturated heterocycles. The Labute approximate surface area is 130 Å². The molecule has 1 aromatic rings. The van der Waals surface area contributed by atoms with Crippen molar-refractivity contribution < 1.29 is 13.6 Å². The van der Waals surface area contributed by atoms with E-state index in [2.05, 4.69) is 5.32 Å². The van der Waals surface area contributed by atoms with Gasteiger partial charge in [0.2, 0.25) is 5.91 Å². The zero-order valence-electron chi connectivity index (χ0n) is 12.4. The number of carbonyl (C=O) groups excluding carboxylic acids is 1. The molecule has 3 N–H and O–H groups in total. The molecule has 0 heterocycles. The standard InChI is InChI=1S/C15H22F2N2O.ClH/c1-3-15(18,4-2)10-19-13(20)9-8-11-6-5-7-12(16)14(11)17;/h5-7H,3-4,8-10,18H2,1-2H3,(H,19,20);1H. The van der Waals surface area contributed by atoms with E-state index in [4.69, 9.17) is 5.73 Å². The Morgan fingerprint density at radius 1 is 1.29 bits per heavy atom. The van der Waals surface area contributed by atoms with Crippen LogP contribution >= 0.6 is 12.4 Å². The van der Waals surface area contributed by atoms with Crippen molar-refractivity contribution >= 4 is 18.3 Å². The highest BCUT2D eigenvalue weighted by Gasteiger charge is 2.20. The normalized spacial score (nSPS) is 10.9. The van der Waals surface area contributed by atoms with Crippen LogP contribution in [0.5, 0.6) is 0 Å². The van der Waals surface area contributed by atoms with Gasteiger partial charge in [0.25, 0.3) is 0 Å². The van der Waals surface area contributed by atoms with Gasteiger partial charge in [0, 0.05) is 18.5 Å². The minimum absolute atomic E-state index is 0. The molecule has 0 bridgehead atoms. The maximum atomic E-state index is 13.4. The molecular weight excluding hydrogens is 298 g/mol. The molecule has 0 aliphatic heterocycles. The monoisotopic (exact) mass is 320 g/mol. The summed E-state index contributed by atoms with van der Waals surface area (Å²) < 4.78 is 26.4. The minimum Gasteiger partial charge on any atom is -0.354 e. The van der Waals surface area contributed by atoms with Crippen LogP contribution in [-0.2, 0) is 11.2 Å². The second-order valence-electron chi connectivity index (χ2n) is 5.06. The van der Waals surface area contributed by atoms with Gasteiger partial charge >= 0.3 is 0 Å². The largest absolute Gasteiger partial charge is 0.354 e. The van der Waals surface area contributed by atoms with Crippen LogP contribution in [-0.4, -0.2) is 18.0 Å². The van der Waals surface area contributed by atoms with Crippen molar-refractivity contribution in [1.82, 2.24) is 5.32 Å². The first-order valence-electron chi connectivity index (χ1n) is 6.90. The van der Waals surface area contributed by atoms with E-state index >= 15 is 0 Å². The zero-order chi connectivity index (χ0) is 15.2. The topological polar surface area (TPSA) is 55.1 Å². The predicted molar refractivity (Wildman–Crippen MR) is 82.4 cm³/mol.